The Balaban J connectivity index is 1.75. The fourth-order valence-corrected chi connectivity index (χ4v) is 3.37. The molecule has 0 aromatic heterocycles. The Bertz CT molecular complexity index is 928. The van der Waals surface area contributed by atoms with Gasteiger partial charge in [-0.2, -0.15) is 0 Å². The van der Waals surface area contributed by atoms with Crippen LogP contribution in [-0.4, -0.2) is 28.6 Å². The maximum atomic E-state index is 12.6. The second kappa shape index (κ2) is 8.28. The van der Waals surface area contributed by atoms with E-state index in [2.05, 4.69) is 0 Å². The summed E-state index contributed by atoms with van der Waals surface area (Å²) in [6, 6.07) is 13.8. The number of carbonyl (C=O) groups is 3. The second-order valence-electron chi connectivity index (χ2n) is 5.72. The van der Waals surface area contributed by atoms with Crippen LogP contribution >= 0.6 is 23.4 Å². The number of nitrogens with two attached hydrogens (primary N) is 1. The van der Waals surface area contributed by atoms with Crippen molar-refractivity contribution in [2.45, 2.75) is 6.54 Å². The zero-order valence-corrected chi connectivity index (χ0v) is 15.6. The molecule has 1 saturated heterocycles. The summed E-state index contributed by atoms with van der Waals surface area (Å²) in [4.78, 5) is 37.1. The van der Waals surface area contributed by atoms with Crippen molar-refractivity contribution in [3.05, 3.63) is 69.6 Å². The molecular formula is C19H15ClN2O4S. The number of benzene rings is 2. The molecule has 1 aliphatic rings. The maximum Gasteiger partial charge on any atom is 0.293 e. The molecule has 0 unspecified atom stereocenters. The summed E-state index contributed by atoms with van der Waals surface area (Å²) in [5, 5.41) is 0.258. The Morgan fingerprint density at radius 3 is 2.63 bits per heavy atom. The zero-order chi connectivity index (χ0) is 19.4. The molecule has 0 atom stereocenters. The van der Waals surface area contributed by atoms with E-state index in [1.807, 2.05) is 0 Å². The van der Waals surface area contributed by atoms with E-state index in [4.69, 9.17) is 22.1 Å². The van der Waals surface area contributed by atoms with Gasteiger partial charge in [0.1, 0.15) is 5.75 Å². The fourth-order valence-electron chi connectivity index (χ4n) is 2.41. The SMILES string of the molecule is NC(=O)COc1cccc(/C=C2\SC(=O)N(Cc3ccc(Cl)cc3)C2=O)c1. The highest BCUT2D eigenvalue weighted by Crippen LogP contribution is 2.33. The van der Waals surface area contributed by atoms with Gasteiger partial charge in [0.25, 0.3) is 17.1 Å². The highest BCUT2D eigenvalue weighted by Gasteiger charge is 2.34. The third kappa shape index (κ3) is 4.90. The van der Waals surface area contributed by atoms with Crippen LogP contribution in [0, 0.1) is 0 Å². The average molecular weight is 403 g/mol. The number of thioether (sulfide) groups is 1. The minimum atomic E-state index is -0.580. The number of nitrogens with zero attached hydrogens (tertiary/aromatic N) is 1. The van der Waals surface area contributed by atoms with Gasteiger partial charge in [0.15, 0.2) is 6.61 Å². The molecule has 138 valence electrons. The summed E-state index contributed by atoms with van der Waals surface area (Å²) in [5.74, 6) is -0.491. The van der Waals surface area contributed by atoms with E-state index >= 15 is 0 Å². The smallest absolute Gasteiger partial charge is 0.293 e. The van der Waals surface area contributed by atoms with Gasteiger partial charge in [-0.3, -0.25) is 19.3 Å². The van der Waals surface area contributed by atoms with E-state index in [1.54, 1.807) is 54.6 Å². The third-order valence-corrected chi connectivity index (χ3v) is 4.82. The van der Waals surface area contributed by atoms with Crippen molar-refractivity contribution in [3.8, 4) is 5.75 Å². The lowest BCUT2D eigenvalue weighted by Gasteiger charge is -2.12. The van der Waals surface area contributed by atoms with Crippen LogP contribution in [-0.2, 0) is 16.1 Å². The molecule has 27 heavy (non-hydrogen) atoms. The highest BCUT2D eigenvalue weighted by atomic mass is 35.5. The zero-order valence-electron chi connectivity index (χ0n) is 14.1. The average Bonchev–Trinajstić information content (AvgIpc) is 2.89. The van der Waals surface area contributed by atoms with Crippen molar-refractivity contribution in [1.29, 1.82) is 0 Å². The Kier molecular flexibility index (Phi) is 5.83. The molecule has 0 radical (unpaired) electrons. The number of hydrogen-bond acceptors (Lipinski definition) is 5. The largest absolute Gasteiger partial charge is 0.484 e. The summed E-state index contributed by atoms with van der Waals surface area (Å²) in [6.45, 7) is -0.0536. The molecule has 0 aliphatic carbocycles. The highest BCUT2D eigenvalue weighted by molar-refractivity contribution is 8.18. The van der Waals surface area contributed by atoms with Gasteiger partial charge in [-0.1, -0.05) is 35.9 Å². The number of ether oxygens (including phenoxy) is 1. The number of carbonyl (C=O) groups excluding carboxylic acids is 3. The van der Waals surface area contributed by atoms with Crippen molar-refractivity contribution in [2.24, 2.45) is 5.73 Å². The van der Waals surface area contributed by atoms with Crippen LogP contribution in [0.3, 0.4) is 0 Å². The molecule has 1 heterocycles. The summed E-state index contributed by atoms with van der Waals surface area (Å²) in [6.07, 6.45) is 1.61. The molecule has 1 aliphatic heterocycles. The molecule has 0 spiro atoms. The molecule has 2 aromatic rings. The van der Waals surface area contributed by atoms with Gasteiger partial charge >= 0.3 is 0 Å². The van der Waals surface area contributed by atoms with Gasteiger partial charge in [-0.05, 0) is 53.2 Å². The van der Waals surface area contributed by atoms with Crippen molar-refractivity contribution >= 4 is 46.5 Å². The van der Waals surface area contributed by atoms with Gasteiger partial charge in [0, 0.05) is 5.02 Å². The molecule has 2 N–H and O–H groups in total. The fraction of sp³-hybridized carbons (Fsp3) is 0.105. The first-order chi connectivity index (χ1) is 12.9. The molecule has 1 fully saturated rings. The van der Waals surface area contributed by atoms with E-state index in [9.17, 15) is 14.4 Å². The minimum absolute atomic E-state index is 0.181. The van der Waals surface area contributed by atoms with Gasteiger partial charge in [-0.25, -0.2) is 0 Å². The summed E-state index contributed by atoms with van der Waals surface area (Å²) < 4.78 is 5.25. The first-order valence-corrected chi connectivity index (χ1v) is 9.13. The predicted molar refractivity (Wildman–Crippen MR) is 104 cm³/mol. The number of primary amides is 1. The maximum absolute atomic E-state index is 12.6. The lowest BCUT2D eigenvalue weighted by molar-refractivity contribution is -0.123. The number of amides is 3. The topological polar surface area (TPSA) is 89.7 Å². The minimum Gasteiger partial charge on any atom is -0.484 e. The molecule has 0 saturated carbocycles. The van der Waals surface area contributed by atoms with Crippen LogP contribution in [0.1, 0.15) is 11.1 Å². The third-order valence-electron chi connectivity index (χ3n) is 3.66. The summed E-state index contributed by atoms with van der Waals surface area (Å²) in [5.41, 5.74) is 6.54. The van der Waals surface area contributed by atoms with Gasteiger partial charge in [0.05, 0.1) is 11.4 Å². The number of hydrogen-bond donors (Lipinski definition) is 1. The molecule has 8 heteroatoms. The lowest BCUT2D eigenvalue weighted by atomic mass is 10.2. The first-order valence-electron chi connectivity index (χ1n) is 7.93. The molecule has 3 rings (SSSR count). The van der Waals surface area contributed by atoms with E-state index in [0.29, 0.717) is 21.2 Å². The Labute approximate surface area is 164 Å². The van der Waals surface area contributed by atoms with E-state index in [0.717, 1.165) is 17.3 Å². The van der Waals surface area contributed by atoms with E-state index in [1.165, 1.54) is 4.90 Å². The number of rotatable bonds is 6. The Hall–Kier alpha value is -2.77. The lowest BCUT2D eigenvalue weighted by Crippen LogP contribution is -2.27. The molecule has 6 nitrogen and oxygen atoms in total. The van der Waals surface area contributed by atoms with Crippen LogP contribution in [0.5, 0.6) is 5.75 Å². The van der Waals surface area contributed by atoms with Gasteiger partial charge in [0.2, 0.25) is 0 Å². The van der Waals surface area contributed by atoms with Crippen molar-refractivity contribution in [3.63, 3.8) is 0 Å². The standard InChI is InChI=1S/C19H15ClN2O4S/c20-14-6-4-12(5-7-14)10-22-18(24)16(27-19(22)25)9-13-2-1-3-15(8-13)26-11-17(21)23/h1-9H,10-11H2,(H2,21,23)/b16-9-. The molecule has 2 aromatic carbocycles. The van der Waals surface area contributed by atoms with Crippen LogP contribution in [0.15, 0.2) is 53.4 Å². The summed E-state index contributed by atoms with van der Waals surface area (Å²) >= 11 is 6.74. The monoisotopic (exact) mass is 402 g/mol. The molecule has 0 bridgehead atoms. The normalized spacial score (nSPS) is 15.4. The second-order valence-corrected chi connectivity index (χ2v) is 7.15. The molecule has 3 amide bonds. The Morgan fingerprint density at radius 2 is 1.93 bits per heavy atom. The van der Waals surface area contributed by atoms with Gasteiger partial charge in [-0.15, -0.1) is 0 Å². The van der Waals surface area contributed by atoms with Gasteiger partial charge < -0.3 is 10.5 Å². The van der Waals surface area contributed by atoms with E-state index < -0.39 is 5.91 Å². The van der Waals surface area contributed by atoms with Crippen LogP contribution in [0.25, 0.3) is 6.08 Å². The van der Waals surface area contributed by atoms with Crippen molar-refractivity contribution in [1.82, 2.24) is 4.90 Å². The van der Waals surface area contributed by atoms with Crippen LogP contribution in [0.4, 0.5) is 4.79 Å². The quantitative estimate of drug-likeness (QED) is 0.747. The van der Waals surface area contributed by atoms with Crippen LogP contribution < -0.4 is 10.5 Å². The van der Waals surface area contributed by atoms with E-state index in [-0.39, 0.29) is 24.3 Å². The van der Waals surface area contributed by atoms with Crippen molar-refractivity contribution in [2.75, 3.05) is 6.61 Å². The van der Waals surface area contributed by atoms with Crippen LogP contribution in [0.2, 0.25) is 5.02 Å². The van der Waals surface area contributed by atoms with Crippen molar-refractivity contribution < 1.29 is 19.1 Å². The molecular weight excluding hydrogens is 388 g/mol. The predicted octanol–water partition coefficient (Wildman–Crippen LogP) is 3.44. The number of halogens is 1. The first kappa shape index (κ1) is 19.0. The Morgan fingerprint density at radius 1 is 1.19 bits per heavy atom. The summed E-state index contributed by atoms with van der Waals surface area (Å²) in [7, 11) is 0. The number of imide groups is 1.